The quantitative estimate of drug-likeness (QED) is 0.578. The first-order valence-electron chi connectivity index (χ1n) is 4.04. The Balaban J connectivity index is 2.45. The monoisotopic (exact) mass is 173 g/mol. The highest BCUT2D eigenvalue weighted by Crippen LogP contribution is 2.23. The molecular weight excluding hydrogens is 158 g/mol. The molecule has 0 aromatic carbocycles. The molecule has 4 heteroatoms. The number of esters is 1. The van der Waals surface area contributed by atoms with Crippen LogP contribution in [0.2, 0.25) is 0 Å². The van der Waals surface area contributed by atoms with Crippen molar-refractivity contribution >= 4 is 5.97 Å². The number of rotatable bonds is 2. The lowest BCUT2D eigenvalue weighted by Crippen LogP contribution is -2.67. The van der Waals surface area contributed by atoms with E-state index < -0.39 is 11.6 Å². The van der Waals surface area contributed by atoms with E-state index in [4.69, 9.17) is 0 Å². The molecule has 0 aromatic heterocycles. The molecule has 0 saturated carbocycles. The molecule has 0 aliphatic carbocycles. The number of nitrogens with zero attached hydrogens (tertiary/aromatic N) is 1. The van der Waals surface area contributed by atoms with E-state index in [1.54, 1.807) is 0 Å². The van der Waals surface area contributed by atoms with Crippen LogP contribution in [0.4, 0.5) is 0 Å². The fourth-order valence-corrected chi connectivity index (χ4v) is 1.31. The molecule has 12 heavy (non-hydrogen) atoms. The third kappa shape index (κ3) is 1.44. The molecule has 0 bridgehead atoms. The highest BCUT2D eigenvalue weighted by molar-refractivity contribution is 5.81. The molecule has 70 valence electrons. The van der Waals surface area contributed by atoms with Gasteiger partial charge in [0.05, 0.1) is 7.11 Å². The number of methoxy groups -OCH3 is 1. The average molecular weight is 173 g/mol. The fourth-order valence-electron chi connectivity index (χ4n) is 1.31. The van der Waals surface area contributed by atoms with Gasteiger partial charge < -0.3 is 9.84 Å². The number of ether oxygens (including phenoxy) is 1. The van der Waals surface area contributed by atoms with Crippen LogP contribution in [0, 0.1) is 0 Å². The Kier molecular flexibility index (Phi) is 2.39. The first-order chi connectivity index (χ1) is 5.49. The summed E-state index contributed by atoms with van der Waals surface area (Å²) >= 11 is 0. The van der Waals surface area contributed by atoms with Crippen LogP contribution < -0.4 is 0 Å². The number of carbonyl (C=O) groups is 1. The Bertz CT molecular complexity index is 185. The second-order valence-corrected chi connectivity index (χ2v) is 3.52. The molecule has 1 aliphatic rings. The summed E-state index contributed by atoms with van der Waals surface area (Å²) in [6, 6.07) is 0.370. The van der Waals surface area contributed by atoms with Crippen LogP contribution in [0.15, 0.2) is 0 Å². The van der Waals surface area contributed by atoms with E-state index in [2.05, 4.69) is 4.74 Å². The Morgan fingerprint density at radius 3 is 2.42 bits per heavy atom. The van der Waals surface area contributed by atoms with Gasteiger partial charge in [0.25, 0.3) is 0 Å². The maximum Gasteiger partial charge on any atom is 0.340 e. The molecular formula is C8H15NO3. The Morgan fingerprint density at radius 1 is 1.58 bits per heavy atom. The predicted molar refractivity (Wildman–Crippen MR) is 43.7 cm³/mol. The minimum atomic E-state index is -1.25. The van der Waals surface area contributed by atoms with E-state index in [1.807, 2.05) is 18.7 Å². The molecule has 1 saturated heterocycles. The van der Waals surface area contributed by atoms with Crippen molar-refractivity contribution in [3.05, 3.63) is 0 Å². The number of carbonyl (C=O) groups excluding carboxylic acids is 1. The molecule has 1 rings (SSSR count). The normalized spacial score (nSPS) is 22.1. The summed E-state index contributed by atoms with van der Waals surface area (Å²) in [5, 5.41) is 9.58. The first kappa shape index (κ1) is 9.48. The van der Waals surface area contributed by atoms with Crippen molar-refractivity contribution in [2.45, 2.75) is 25.5 Å². The summed E-state index contributed by atoms with van der Waals surface area (Å²) in [6.07, 6.45) is 0. The number of hydrogen-bond acceptors (Lipinski definition) is 4. The van der Waals surface area contributed by atoms with Crippen molar-refractivity contribution in [2.24, 2.45) is 0 Å². The van der Waals surface area contributed by atoms with E-state index in [-0.39, 0.29) is 0 Å². The standard InChI is InChI=1S/C8H15NO3/c1-6(2)9-4-8(11,5-9)7(10)12-3/h6,11H,4-5H2,1-3H3. The predicted octanol–water partition coefficient (Wildman–Crippen LogP) is -0.386. The van der Waals surface area contributed by atoms with Gasteiger partial charge in [-0.1, -0.05) is 0 Å². The van der Waals surface area contributed by atoms with Gasteiger partial charge in [-0.3, -0.25) is 4.90 Å². The Labute approximate surface area is 72.1 Å². The van der Waals surface area contributed by atoms with Gasteiger partial charge in [-0.15, -0.1) is 0 Å². The van der Waals surface area contributed by atoms with Crippen LogP contribution in [0.5, 0.6) is 0 Å². The average Bonchev–Trinajstić information content (AvgIpc) is 1.96. The van der Waals surface area contributed by atoms with Gasteiger partial charge in [-0.05, 0) is 13.8 Å². The highest BCUT2D eigenvalue weighted by Gasteiger charge is 2.49. The third-order valence-corrected chi connectivity index (χ3v) is 2.22. The SMILES string of the molecule is COC(=O)C1(O)CN(C(C)C)C1. The summed E-state index contributed by atoms with van der Waals surface area (Å²) in [6.45, 7) is 4.82. The van der Waals surface area contributed by atoms with Crippen LogP contribution in [0.3, 0.4) is 0 Å². The number of aliphatic hydroxyl groups is 1. The molecule has 0 amide bonds. The van der Waals surface area contributed by atoms with Crippen molar-refractivity contribution in [1.82, 2.24) is 4.90 Å². The van der Waals surface area contributed by atoms with Crippen LogP contribution in [-0.4, -0.2) is 47.8 Å². The van der Waals surface area contributed by atoms with Crippen molar-refractivity contribution in [1.29, 1.82) is 0 Å². The van der Waals surface area contributed by atoms with E-state index in [0.717, 1.165) is 0 Å². The van der Waals surface area contributed by atoms with Crippen LogP contribution in [-0.2, 0) is 9.53 Å². The zero-order chi connectivity index (χ0) is 9.35. The Morgan fingerprint density at radius 2 is 2.08 bits per heavy atom. The molecule has 0 spiro atoms. The second kappa shape index (κ2) is 3.03. The topological polar surface area (TPSA) is 49.8 Å². The molecule has 0 radical (unpaired) electrons. The summed E-state index contributed by atoms with van der Waals surface area (Å²) in [5.41, 5.74) is -1.25. The van der Waals surface area contributed by atoms with Crippen molar-refractivity contribution in [3.8, 4) is 0 Å². The minimum Gasteiger partial charge on any atom is -0.467 e. The smallest absolute Gasteiger partial charge is 0.340 e. The van der Waals surface area contributed by atoms with Gasteiger partial charge in [0.1, 0.15) is 0 Å². The van der Waals surface area contributed by atoms with Gasteiger partial charge in [-0.25, -0.2) is 4.79 Å². The summed E-state index contributed by atoms with van der Waals surface area (Å²) in [5.74, 6) is -0.528. The van der Waals surface area contributed by atoms with Gasteiger partial charge in [0.2, 0.25) is 0 Å². The van der Waals surface area contributed by atoms with Crippen LogP contribution in [0.1, 0.15) is 13.8 Å². The lowest BCUT2D eigenvalue weighted by molar-refractivity contribution is -0.184. The third-order valence-electron chi connectivity index (χ3n) is 2.22. The highest BCUT2D eigenvalue weighted by atomic mass is 16.5. The maximum absolute atomic E-state index is 11.0. The number of hydrogen-bond donors (Lipinski definition) is 1. The van der Waals surface area contributed by atoms with Crippen molar-refractivity contribution < 1.29 is 14.6 Å². The molecule has 0 aromatic rings. The van der Waals surface area contributed by atoms with E-state index in [1.165, 1.54) is 7.11 Å². The zero-order valence-electron chi connectivity index (χ0n) is 7.70. The molecule has 4 nitrogen and oxygen atoms in total. The molecule has 1 fully saturated rings. The summed E-state index contributed by atoms with van der Waals surface area (Å²) in [4.78, 5) is 13.0. The lowest BCUT2D eigenvalue weighted by Gasteiger charge is -2.46. The minimum absolute atomic E-state index is 0.370. The second-order valence-electron chi connectivity index (χ2n) is 3.52. The lowest BCUT2D eigenvalue weighted by atomic mass is 9.93. The molecule has 1 heterocycles. The molecule has 0 atom stereocenters. The summed E-state index contributed by atoms with van der Waals surface area (Å²) in [7, 11) is 1.29. The van der Waals surface area contributed by atoms with E-state index in [0.29, 0.717) is 19.1 Å². The Hall–Kier alpha value is -0.610. The van der Waals surface area contributed by atoms with Crippen LogP contribution >= 0.6 is 0 Å². The van der Waals surface area contributed by atoms with Crippen molar-refractivity contribution in [3.63, 3.8) is 0 Å². The molecule has 1 N–H and O–H groups in total. The van der Waals surface area contributed by atoms with E-state index in [9.17, 15) is 9.90 Å². The van der Waals surface area contributed by atoms with Gasteiger partial charge >= 0.3 is 5.97 Å². The molecule has 1 aliphatic heterocycles. The largest absolute Gasteiger partial charge is 0.467 e. The number of β-amino-alcohol motifs (C(OH)–C–C–N with tert-alkyl or cyclic N) is 1. The van der Waals surface area contributed by atoms with Crippen LogP contribution in [0.25, 0.3) is 0 Å². The first-order valence-corrected chi connectivity index (χ1v) is 4.04. The van der Waals surface area contributed by atoms with Gasteiger partial charge in [0.15, 0.2) is 5.60 Å². The van der Waals surface area contributed by atoms with E-state index >= 15 is 0 Å². The zero-order valence-corrected chi connectivity index (χ0v) is 7.70. The number of likely N-dealkylation sites (tertiary alicyclic amines) is 1. The molecule has 0 unspecified atom stereocenters. The van der Waals surface area contributed by atoms with Gasteiger partial charge in [-0.2, -0.15) is 0 Å². The summed E-state index contributed by atoms with van der Waals surface area (Å²) < 4.78 is 4.47. The fraction of sp³-hybridized carbons (Fsp3) is 0.875. The van der Waals surface area contributed by atoms with Crippen molar-refractivity contribution in [2.75, 3.05) is 20.2 Å². The maximum atomic E-state index is 11.0. The van der Waals surface area contributed by atoms with Gasteiger partial charge in [0, 0.05) is 19.1 Å².